The predicted octanol–water partition coefficient (Wildman–Crippen LogP) is 4.08. The fourth-order valence-electron chi connectivity index (χ4n) is 4.53. The van der Waals surface area contributed by atoms with E-state index in [1.54, 1.807) is 6.26 Å². The van der Waals surface area contributed by atoms with E-state index < -0.39 is 0 Å². The highest BCUT2D eigenvalue weighted by molar-refractivity contribution is 5.74. The van der Waals surface area contributed by atoms with Crippen molar-refractivity contribution in [2.45, 2.75) is 38.1 Å². The highest BCUT2D eigenvalue weighted by atomic mass is 16.3. The maximum absolute atomic E-state index is 12.7. The lowest BCUT2D eigenvalue weighted by Gasteiger charge is -2.33. The number of amides is 2. The lowest BCUT2D eigenvalue weighted by Crippen LogP contribution is -2.47. The van der Waals surface area contributed by atoms with Crippen molar-refractivity contribution in [1.82, 2.24) is 15.1 Å². The summed E-state index contributed by atoms with van der Waals surface area (Å²) in [5, 5.41) is 3.17. The molecule has 3 heterocycles. The average Bonchev–Trinajstić information content (AvgIpc) is 3.44. The number of benzene rings is 1. The van der Waals surface area contributed by atoms with Gasteiger partial charge < -0.3 is 14.6 Å². The van der Waals surface area contributed by atoms with Crippen molar-refractivity contribution in [3.63, 3.8) is 0 Å². The van der Waals surface area contributed by atoms with Gasteiger partial charge in [-0.1, -0.05) is 30.3 Å². The Balaban J connectivity index is 1.26. The molecule has 28 heavy (non-hydrogen) atoms. The predicted molar refractivity (Wildman–Crippen MR) is 110 cm³/mol. The van der Waals surface area contributed by atoms with Gasteiger partial charge in [0.2, 0.25) is 0 Å². The third-order valence-electron chi connectivity index (χ3n) is 6.17. The lowest BCUT2D eigenvalue weighted by atomic mass is 9.90. The van der Waals surface area contributed by atoms with Crippen LogP contribution in [0.1, 0.15) is 43.0 Å². The fourth-order valence-corrected chi connectivity index (χ4v) is 4.53. The topological polar surface area (TPSA) is 48.7 Å². The van der Waals surface area contributed by atoms with Gasteiger partial charge in [-0.3, -0.25) is 4.90 Å². The van der Waals surface area contributed by atoms with Gasteiger partial charge in [-0.05, 0) is 68.8 Å². The molecule has 0 spiro atoms. The standard InChI is InChI=1S/C23H31N3O2/c27-23(24-18-21(22-9-6-16-28-22)25-12-4-5-13-25)26-14-10-20(11-15-26)17-19-7-2-1-3-8-19/h1-3,6-9,16,20-21H,4-5,10-15,17-18H2,(H,24,27)/t21-/m0/s1. The first-order valence-corrected chi connectivity index (χ1v) is 10.6. The highest BCUT2D eigenvalue weighted by Gasteiger charge is 2.28. The summed E-state index contributed by atoms with van der Waals surface area (Å²) in [6.45, 7) is 4.45. The summed E-state index contributed by atoms with van der Waals surface area (Å²) in [4.78, 5) is 17.1. The minimum atomic E-state index is 0.0638. The van der Waals surface area contributed by atoms with Crippen molar-refractivity contribution in [2.24, 2.45) is 5.92 Å². The quantitative estimate of drug-likeness (QED) is 0.820. The van der Waals surface area contributed by atoms with Crippen LogP contribution in [0.5, 0.6) is 0 Å². The molecule has 5 heteroatoms. The molecule has 1 N–H and O–H groups in total. The maximum Gasteiger partial charge on any atom is 0.317 e. The third kappa shape index (κ3) is 4.76. The van der Waals surface area contributed by atoms with Gasteiger partial charge in [0.15, 0.2) is 0 Å². The van der Waals surface area contributed by atoms with E-state index in [0.29, 0.717) is 12.5 Å². The number of furan rings is 1. The molecule has 0 saturated carbocycles. The van der Waals surface area contributed by atoms with Crippen molar-refractivity contribution in [1.29, 1.82) is 0 Å². The second-order valence-corrected chi connectivity index (χ2v) is 8.08. The van der Waals surface area contributed by atoms with Crippen LogP contribution in [-0.4, -0.2) is 48.6 Å². The van der Waals surface area contributed by atoms with Crippen molar-refractivity contribution >= 4 is 6.03 Å². The number of carbonyl (C=O) groups is 1. The van der Waals surface area contributed by atoms with Gasteiger partial charge in [0.25, 0.3) is 0 Å². The Kier molecular flexibility index (Phi) is 6.32. The van der Waals surface area contributed by atoms with Gasteiger partial charge >= 0.3 is 6.03 Å². The normalized spacial score (nSPS) is 19.6. The zero-order valence-corrected chi connectivity index (χ0v) is 16.6. The molecule has 1 aromatic heterocycles. The van der Waals surface area contributed by atoms with Crippen molar-refractivity contribution in [3.8, 4) is 0 Å². The number of urea groups is 1. The summed E-state index contributed by atoms with van der Waals surface area (Å²) in [6, 6.07) is 14.8. The number of hydrogen-bond acceptors (Lipinski definition) is 3. The molecule has 0 radical (unpaired) electrons. The molecule has 2 saturated heterocycles. The van der Waals surface area contributed by atoms with Gasteiger partial charge in [0.05, 0.1) is 12.3 Å². The van der Waals surface area contributed by atoms with Crippen molar-refractivity contribution < 1.29 is 9.21 Å². The Morgan fingerprint density at radius 3 is 2.46 bits per heavy atom. The van der Waals surface area contributed by atoms with Gasteiger partial charge in [0, 0.05) is 19.6 Å². The summed E-state index contributed by atoms with van der Waals surface area (Å²) in [6.07, 6.45) is 7.44. The number of nitrogens with zero attached hydrogens (tertiary/aromatic N) is 2. The van der Waals surface area contributed by atoms with Crippen LogP contribution in [0, 0.1) is 5.92 Å². The smallest absolute Gasteiger partial charge is 0.317 e. The van der Waals surface area contributed by atoms with E-state index in [9.17, 15) is 4.79 Å². The summed E-state index contributed by atoms with van der Waals surface area (Å²) >= 11 is 0. The second kappa shape index (κ2) is 9.28. The number of piperidine rings is 1. The number of nitrogens with one attached hydrogen (secondary N) is 1. The van der Waals surface area contributed by atoms with Gasteiger partial charge in [-0.15, -0.1) is 0 Å². The molecule has 2 aliphatic heterocycles. The molecular formula is C23H31N3O2. The molecule has 1 aromatic carbocycles. The van der Waals surface area contributed by atoms with E-state index in [1.165, 1.54) is 18.4 Å². The Morgan fingerprint density at radius 1 is 1.04 bits per heavy atom. The molecule has 5 nitrogen and oxygen atoms in total. The number of likely N-dealkylation sites (tertiary alicyclic amines) is 2. The molecule has 150 valence electrons. The molecular weight excluding hydrogens is 350 g/mol. The first-order valence-electron chi connectivity index (χ1n) is 10.6. The molecule has 2 fully saturated rings. The number of rotatable bonds is 6. The Morgan fingerprint density at radius 2 is 1.79 bits per heavy atom. The van der Waals surface area contributed by atoms with Crippen molar-refractivity contribution in [2.75, 3.05) is 32.7 Å². The molecule has 0 bridgehead atoms. The minimum Gasteiger partial charge on any atom is -0.468 e. The lowest BCUT2D eigenvalue weighted by molar-refractivity contribution is 0.161. The monoisotopic (exact) mass is 381 g/mol. The van der Waals surface area contributed by atoms with E-state index in [0.717, 1.165) is 51.2 Å². The fraction of sp³-hybridized carbons (Fsp3) is 0.522. The van der Waals surface area contributed by atoms with Crippen LogP contribution in [0.15, 0.2) is 53.1 Å². The summed E-state index contributed by atoms with van der Waals surface area (Å²) < 4.78 is 5.65. The van der Waals surface area contributed by atoms with Crippen LogP contribution >= 0.6 is 0 Å². The van der Waals surface area contributed by atoms with E-state index in [4.69, 9.17) is 4.42 Å². The van der Waals surface area contributed by atoms with Crippen LogP contribution in [0.2, 0.25) is 0 Å². The second-order valence-electron chi connectivity index (χ2n) is 8.08. The zero-order valence-electron chi connectivity index (χ0n) is 16.6. The summed E-state index contributed by atoms with van der Waals surface area (Å²) in [5.41, 5.74) is 1.40. The third-order valence-corrected chi connectivity index (χ3v) is 6.17. The van der Waals surface area contributed by atoms with E-state index in [1.807, 2.05) is 17.0 Å². The average molecular weight is 382 g/mol. The molecule has 2 aliphatic rings. The minimum absolute atomic E-state index is 0.0638. The summed E-state index contributed by atoms with van der Waals surface area (Å²) in [7, 11) is 0. The van der Waals surface area contributed by atoms with Gasteiger partial charge in [-0.25, -0.2) is 4.79 Å². The van der Waals surface area contributed by atoms with Crippen LogP contribution in [0.25, 0.3) is 0 Å². The van der Waals surface area contributed by atoms with Crippen LogP contribution in [0.3, 0.4) is 0 Å². The Bertz CT molecular complexity index is 718. The molecule has 0 unspecified atom stereocenters. The van der Waals surface area contributed by atoms with Gasteiger partial charge in [0.1, 0.15) is 5.76 Å². The van der Waals surface area contributed by atoms with Crippen LogP contribution in [0.4, 0.5) is 4.79 Å². The van der Waals surface area contributed by atoms with E-state index >= 15 is 0 Å². The van der Waals surface area contributed by atoms with Gasteiger partial charge in [-0.2, -0.15) is 0 Å². The molecule has 2 aromatic rings. The molecule has 1 atom stereocenters. The number of hydrogen-bond donors (Lipinski definition) is 1. The van der Waals surface area contributed by atoms with E-state index in [-0.39, 0.29) is 12.1 Å². The molecule has 2 amide bonds. The first kappa shape index (κ1) is 19.1. The Labute approximate surface area is 167 Å². The van der Waals surface area contributed by atoms with E-state index in [2.05, 4.69) is 40.5 Å². The molecule has 4 rings (SSSR count). The Hall–Kier alpha value is -2.27. The van der Waals surface area contributed by atoms with Crippen molar-refractivity contribution in [3.05, 3.63) is 60.1 Å². The van der Waals surface area contributed by atoms with Crippen LogP contribution < -0.4 is 5.32 Å². The molecule has 0 aliphatic carbocycles. The maximum atomic E-state index is 12.7. The zero-order chi connectivity index (χ0) is 19.2. The van der Waals surface area contributed by atoms with Crippen LogP contribution in [-0.2, 0) is 6.42 Å². The number of carbonyl (C=O) groups excluding carboxylic acids is 1. The summed E-state index contributed by atoms with van der Waals surface area (Å²) in [5.74, 6) is 1.62. The SMILES string of the molecule is O=C(NC[C@@H](c1ccco1)N1CCCC1)N1CCC(Cc2ccccc2)CC1. The first-order chi connectivity index (χ1) is 13.8. The largest absolute Gasteiger partial charge is 0.468 e. The highest BCUT2D eigenvalue weighted by Crippen LogP contribution is 2.25.